The third-order valence-electron chi connectivity index (χ3n) is 4.12. The van der Waals surface area contributed by atoms with E-state index in [0.717, 1.165) is 29.0 Å². The number of hydrogen-bond donors (Lipinski definition) is 1. The van der Waals surface area contributed by atoms with Crippen LogP contribution in [-0.4, -0.2) is 18.2 Å². The molecule has 1 aromatic rings. The highest BCUT2D eigenvalue weighted by molar-refractivity contribution is 9.10. The van der Waals surface area contributed by atoms with Gasteiger partial charge in [-0.1, -0.05) is 35.8 Å². The summed E-state index contributed by atoms with van der Waals surface area (Å²) < 4.78 is 1.08. The average Bonchev–Trinajstić information content (AvgIpc) is 2.32. The summed E-state index contributed by atoms with van der Waals surface area (Å²) in [7, 11) is 0. The SMILES string of the molecule is CC(O)c1ccc(Br)cc1N1CCC(C)C(C)C1. The molecule has 2 rings (SSSR count). The van der Waals surface area contributed by atoms with Gasteiger partial charge in [-0.2, -0.15) is 0 Å². The molecule has 0 aromatic heterocycles. The van der Waals surface area contributed by atoms with Crippen molar-refractivity contribution < 1.29 is 5.11 Å². The second-order valence-electron chi connectivity index (χ2n) is 5.57. The zero-order valence-corrected chi connectivity index (χ0v) is 12.9. The monoisotopic (exact) mass is 311 g/mol. The van der Waals surface area contributed by atoms with Gasteiger partial charge < -0.3 is 10.0 Å². The molecule has 1 aromatic carbocycles. The molecule has 18 heavy (non-hydrogen) atoms. The largest absolute Gasteiger partial charge is 0.389 e. The normalized spacial score (nSPS) is 26.2. The zero-order chi connectivity index (χ0) is 13.3. The Balaban J connectivity index is 2.29. The van der Waals surface area contributed by atoms with Gasteiger partial charge >= 0.3 is 0 Å². The molecular weight excluding hydrogens is 290 g/mol. The van der Waals surface area contributed by atoms with E-state index in [1.54, 1.807) is 0 Å². The van der Waals surface area contributed by atoms with E-state index < -0.39 is 6.10 Å². The standard InChI is InChI=1S/C15H22BrNO/c1-10-6-7-17(9-11(10)2)15-8-13(16)4-5-14(15)12(3)18/h4-5,8,10-12,18H,6-7,9H2,1-3H3. The number of aliphatic hydroxyl groups excluding tert-OH is 1. The topological polar surface area (TPSA) is 23.5 Å². The molecule has 1 heterocycles. The Hall–Kier alpha value is -0.540. The Bertz CT molecular complexity index is 419. The highest BCUT2D eigenvalue weighted by Crippen LogP contribution is 2.33. The number of nitrogens with zero attached hydrogens (tertiary/aromatic N) is 1. The first-order valence-corrected chi connectivity index (χ1v) is 7.50. The Morgan fingerprint density at radius 2 is 2.06 bits per heavy atom. The van der Waals surface area contributed by atoms with E-state index in [-0.39, 0.29) is 0 Å². The van der Waals surface area contributed by atoms with Crippen molar-refractivity contribution in [3.63, 3.8) is 0 Å². The van der Waals surface area contributed by atoms with E-state index in [1.807, 2.05) is 19.1 Å². The van der Waals surface area contributed by atoms with Crippen LogP contribution < -0.4 is 4.90 Å². The summed E-state index contributed by atoms with van der Waals surface area (Å²) in [4.78, 5) is 2.41. The number of rotatable bonds is 2. The minimum atomic E-state index is -0.414. The lowest BCUT2D eigenvalue weighted by molar-refractivity contribution is 0.199. The molecule has 0 radical (unpaired) electrons. The van der Waals surface area contributed by atoms with Gasteiger partial charge in [0.15, 0.2) is 0 Å². The summed E-state index contributed by atoms with van der Waals surface area (Å²) in [6, 6.07) is 6.15. The minimum absolute atomic E-state index is 0.414. The summed E-state index contributed by atoms with van der Waals surface area (Å²) in [5.41, 5.74) is 2.21. The number of hydrogen-bond acceptors (Lipinski definition) is 2. The lowest BCUT2D eigenvalue weighted by Gasteiger charge is -2.38. The fourth-order valence-corrected chi connectivity index (χ4v) is 2.97. The van der Waals surface area contributed by atoms with Crippen molar-refractivity contribution in [1.29, 1.82) is 0 Å². The van der Waals surface area contributed by atoms with E-state index in [9.17, 15) is 5.11 Å². The van der Waals surface area contributed by atoms with Gasteiger partial charge in [-0.25, -0.2) is 0 Å². The molecule has 1 aliphatic heterocycles. The fourth-order valence-electron chi connectivity index (χ4n) is 2.63. The van der Waals surface area contributed by atoms with Crippen molar-refractivity contribution in [1.82, 2.24) is 0 Å². The maximum Gasteiger partial charge on any atom is 0.0782 e. The van der Waals surface area contributed by atoms with Crippen molar-refractivity contribution in [3.05, 3.63) is 28.2 Å². The van der Waals surface area contributed by atoms with Crippen LogP contribution in [0.25, 0.3) is 0 Å². The average molecular weight is 312 g/mol. The number of halogens is 1. The van der Waals surface area contributed by atoms with E-state index in [0.29, 0.717) is 5.92 Å². The van der Waals surface area contributed by atoms with Crippen LogP contribution in [0.1, 0.15) is 38.9 Å². The Kier molecular flexibility index (Phi) is 4.33. The van der Waals surface area contributed by atoms with Crippen LogP contribution in [0.2, 0.25) is 0 Å². The second-order valence-corrected chi connectivity index (χ2v) is 6.48. The first kappa shape index (κ1) is 13.9. The van der Waals surface area contributed by atoms with Crippen molar-refractivity contribution in [3.8, 4) is 0 Å². The molecule has 0 saturated carbocycles. The summed E-state index contributed by atoms with van der Waals surface area (Å²) >= 11 is 3.53. The minimum Gasteiger partial charge on any atom is -0.389 e. The van der Waals surface area contributed by atoms with Crippen molar-refractivity contribution in [2.24, 2.45) is 11.8 Å². The predicted octanol–water partition coefficient (Wildman–Crippen LogP) is 3.98. The first-order valence-electron chi connectivity index (χ1n) is 6.71. The molecule has 3 unspecified atom stereocenters. The van der Waals surface area contributed by atoms with Crippen LogP contribution in [0.4, 0.5) is 5.69 Å². The van der Waals surface area contributed by atoms with Gasteiger partial charge in [-0.15, -0.1) is 0 Å². The molecule has 1 aliphatic rings. The van der Waals surface area contributed by atoms with Gasteiger partial charge in [0.1, 0.15) is 0 Å². The lowest BCUT2D eigenvalue weighted by atomic mass is 9.88. The van der Waals surface area contributed by atoms with Crippen LogP contribution in [0.5, 0.6) is 0 Å². The first-order chi connectivity index (χ1) is 8.49. The van der Waals surface area contributed by atoms with Gasteiger partial charge in [-0.3, -0.25) is 0 Å². The molecule has 1 saturated heterocycles. The molecule has 2 nitrogen and oxygen atoms in total. The maximum absolute atomic E-state index is 9.90. The number of aliphatic hydroxyl groups is 1. The molecule has 3 atom stereocenters. The van der Waals surface area contributed by atoms with Crippen LogP contribution in [0.3, 0.4) is 0 Å². The highest BCUT2D eigenvalue weighted by Gasteiger charge is 2.24. The van der Waals surface area contributed by atoms with Crippen LogP contribution in [0, 0.1) is 11.8 Å². The Morgan fingerprint density at radius 3 is 2.67 bits per heavy atom. The zero-order valence-electron chi connectivity index (χ0n) is 11.4. The van der Waals surface area contributed by atoms with E-state index in [2.05, 4.69) is 40.7 Å². The third-order valence-corrected chi connectivity index (χ3v) is 4.61. The summed E-state index contributed by atoms with van der Waals surface area (Å²) in [5, 5.41) is 9.90. The number of benzene rings is 1. The molecule has 1 fully saturated rings. The summed E-state index contributed by atoms with van der Waals surface area (Å²) in [6.45, 7) is 8.65. The summed E-state index contributed by atoms with van der Waals surface area (Å²) in [5.74, 6) is 1.50. The Morgan fingerprint density at radius 1 is 1.33 bits per heavy atom. The molecule has 0 bridgehead atoms. The molecule has 1 N–H and O–H groups in total. The molecule has 0 amide bonds. The van der Waals surface area contributed by atoms with Gasteiger partial charge in [0.05, 0.1) is 6.10 Å². The molecule has 3 heteroatoms. The third kappa shape index (κ3) is 2.89. The molecule has 100 valence electrons. The van der Waals surface area contributed by atoms with Gasteiger partial charge in [0.25, 0.3) is 0 Å². The predicted molar refractivity (Wildman–Crippen MR) is 79.9 cm³/mol. The van der Waals surface area contributed by atoms with Crippen molar-refractivity contribution in [2.75, 3.05) is 18.0 Å². The van der Waals surface area contributed by atoms with Gasteiger partial charge in [-0.05, 0) is 37.3 Å². The highest BCUT2D eigenvalue weighted by atomic mass is 79.9. The van der Waals surface area contributed by atoms with Crippen molar-refractivity contribution in [2.45, 2.75) is 33.3 Å². The molecule has 0 spiro atoms. The van der Waals surface area contributed by atoms with Crippen LogP contribution in [0.15, 0.2) is 22.7 Å². The summed E-state index contributed by atoms with van der Waals surface area (Å²) in [6.07, 6.45) is 0.815. The van der Waals surface area contributed by atoms with E-state index >= 15 is 0 Å². The van der Waals surface area contributed by atoms with Gasteiger partial charge in [0, 0.05) is 28.8 Å². The molecular formula is C15H22BrNO. The second kappa shape index (κ2) is 5.62. The van der Waals surface area contributed by atoms with Crippen molar-refractivity contribution >= 4 is 21.6 Å². The van der Waals surface area contributed by atoms with Gasteiger partial charge in [0.2, 0.25) is 0 Å². The number of piperidine rings is 1. The van der Waals surface area contributed by atoms with E-state index in [1.165, 1.54) is 12.1 Å². The number of anilines is 1. The smallest absolute Gasteiger partial charge is 0.0782 e. The molecule has 0 aliphatic carbocycles. The maximum atomic E-state index is 9.90. The lowest BCUT2D eigenvalue weighted by Crippen LogP contribution is -2.39. The Labute approximate surface area is 118 Å². The van der Waals surface area contributed by atoms with E-state index in [4.69, 9.17) is 0 Å². The fraction of sp³-hybridized carbons (Fsp3) is 0.600. The quantitative estimate of drug-likeness (QED) is 0.893. The van der Waals surface area contributed by atoms with Crippen LogP contribution >= 0.6 is 15.9 Å². The van der Waals surface area contributed by atoms with Crippen LogP contribution in [-0.2, 0) is 0 Å².